The van der Waals surface area contributed by atoms with E-state index in [1.54, 1.807) is 12.1 Å². The number of non-ortho nitro benzene ring substituents is 1. The van der Waals surface area contributed by atoms with Crippen molar-refractivity contribution >= 4 is 40.4 Å². The van der Waals surface area contributed by atoms with Crippen LogP contribution in [0.25, 0.3) is 10.9 Å². The van der Waals surface area contributed by atoms with Gasteiger partial charge in [0.2, 0.25) is 0 Å². The zero-order valence-corrected chi connectivity index (χ0v) is 8.93. The first kappa shape index (κ1) is 10.1. The van der Waals surface area contributed by atoms with E-state index in [0.29, 0.717) is 20.6 Å². The molecular formula is C9H5ClN2O2S. The van der Waals surface area contributed by atoms with Crippen LogP contribution in [0.15, 0.2) is 24.3 Å². The van der Waals surface area contributed by atoms with Crippen LogP contribution < -0.4 is 0 Å². The van der Waals surface area contributed by atoms with E-state index in [0.717, 1.165) is 0 Å². The van der Waals surface area contributed by atoms with Crippen molar-refractivity contribution in [3.8, 4) is 0 Å². The molecule has 2 rings (SSSR count). The average molecular weight is 241 g/mol. The van der Waals surface area contributed by atoms with Crippen molar-refractivity contribution in [3.05, 3.63) is 44.0 Å². The maximum atomic E-state index is 10.7. The van der Waals surface area contributed by atoms with Gasteiger partial charge in [-0.2, -0.15) is 0 Å². The lowest BCUT2D eigenvalue weighted by Crippen LogP contribution is -1.91. The van der Waals surface area contributed by atoms with Gasteiger partial charge in [-0.25, -0.2) is 0 Å². The Labute approximate surface area is 94.6 Å². The summed E-state index contributed by atoms with van der Waals surface area (Å²) in [6.45, 7) is 0. The molecule has 0 radical (unpaired) electrons. The summed E-state index contributed by atoms with van der Waals surface area (Å²) in [6.07, 6.45) is 0. The number of fused-ring (bicyclic) bond motifs is 1. The van der Waals surface area contributed by atoms with Crippen molar-refractivity contribution in [2.45, 2.75) is 0 Å². The van der Waals surface area contributed by atoms with E-state index in [1.165, 1.54) is 12.1 Å². The fraction of sp³-hybridized carbons (Fsp3) is 0. The monoisotopic (exact) mass is 240 g/mol. The van der Waals surface area contributed by atoms with E-state index < -0.39 is 4.92 Å². The van der Waals surface area contributed by atoms with Crippen molar-refractivity contribution < 1.29 is 4.92 Å². The van der Waals surface area contributed by atoms with Crippen LogP contribution in [0.1, 0.15) is 0 Å². The number of aromatic nitrogens is 1. The van der Waals surface area contributed by atoms with Crippen molar-refractivity contribution in [1.82, 2.24) is 4.98 Å². The number of nitrogens with one attached hydrogen (secondary N) is 1. The van der Waals surface area contributed by atoms with Crippen molar-refractivity contribution in [1.29, 1.82) is 0 Å². The third-order valence-electron chi connectivity index (χ3n) is 2.02. The molecule has 0 spiro atoms. The maximum absolute atomic E-state index is 10.7. The second kappa shape index (κ2) is 3.60. The fourth-order valence-electron chi connectivity index (χ4n) is 1.35. The number of nitro benzene ring substituents is 1. The molecule has 1 heterocycles. The highest BCUT2D eigenvalue weighted by Crippen LogP contribution is 2.29. The number of aromatic amines is 1. The lowest BCUT2D eigenvalue weighted by Gasteiger charge is -2.01. The van der Waals surface area contributed by atoms with Gasteiger partial charge in [0, 0.05) is 11.5 Å². The van der Waals surface area contributed by atoms with E-state index in [-0.39, 0.29) is 5.69 Å². The molecule has 0 saturated heterocycles. The highest BCUT2D eigenvalue weighted by atomic mass is 35.5. The molecule has 1 aromatic heterocycles. The molecule has 0 fully saturated rings. The fourth-order valence-corrected chi connectivity index (χ4v) is 1.74. The lowest BCUT2D eigenvalue weighted by atomic mass is 10.2. The Morgan fingerprint density at radius 1 is 1.33 bits per heavy atom. The van der Waals surface area contributed by atoms with Crippen LogP contribution in [0.4, 0.5) is 5.69 Å². The summed E-state index contributed by atoms with van der Waals surface area (Å²) < 4.78 is 0.438. The molecular weight excluding hydrogens is 236 g/mol. The van der Waals surface area contributed by atoms with Crippen LogP contribution in [-0.4, -0.2) is 9.91 Å². The largest absolute Gasteiger partial charge is 0.340 e. The zero-order valence-electron chi connectivity index (χ0n) is 7.36. The Balaban J connectivity index is 2.96. The zero-order chi connectivity index (χ0) is 11.0. The van der Waals surface area contributed by atoms with Crippen LogP contribution in [-0.2, 0) is 0 Å². The number of pyridine rings is 1. The van der Waals surface area contributed by atoms with E-state index in [1.807, 2.05) is 0 Å². The summed E-state index contributed by atoms with van der Waals surface area (Å²) in [5.74, 6) is 0. The molecule has 1 N–H and O–H groups in total. The van der Waals surface area contributed by atoms with Gasteiger partial charge < -0.3 is 4.98 Å². The first-order chi connectivity index (χ1) is 7.09. The van der Waals surface area contributed by atoms with Crippen molar-refractivity contribution in [3.63, 3.8) is 0 Å². The molecule has 4 nitrogen and oxygen atoms in total. The Morgan fingerprint density at radius 2 is 2.07 bits per heavy atom. The molecule has 15 heavy (non-hydrogen) atoms. The highest BCUT2D eigenvalue weighted by molar-refractivity contribution is 7.71. The molecule has 2 aromatic rings. The van der Waals surface area contributed by atoms with Gasteiger partial charge in [-0.3, -0.25) is 10.1 Å². The molecule has 0 aliphatic carbocycles. The number of halogens is 1. The van der Waals surface area contributed by atoms with Crippen molar-refractivity contribution in [2.75, 3.05) is 0 Å². The Kier molecular flexibility index (Phi) is 2.42. The Hall–Kier alpha value is -1.46. The number of hydrogen-bond acceptors (Lipinski definition) is 3. The van der Waals surface area contributed by atoms with Crippen molar-refractivity contribution in [2.24, 2.45) is 0 Å². The summed E-state index contributed by atoms with van der Waals surface area (Å²) >= 11 is 10.8. The van der Waals surface area contributed by atoms with Gasteiger partial charge in [-0.15, -0.1) is 0 Å². The van der Waals surface area contributed by atoms with Gasteiger partial charge in [0.1, 0.15) is 10.2 Å². The van der Waals surface area contributed by atoms with Gasteiger partial charge >= 0.3 is 0 Å². The first-order valence-corrected chi connectivity index (χ1v) is 4.84. The normalized spacial score (nSPS) is 10.5. The molecule has 1 aromatic carbocycles. The number of hydrogen-bond donors (Lipinski definition) is 1. The highest BCUT2D eigenvalue weighted by Gasteiger charge is 2.13. The topological polar surface area (TPSA) is 58.9 Å². The predicted molar refractivity (Wildman–Crippen MR) is 60.8 cm³/mol. The van der Waals surface area contributed by atoms with Gasteiger partial charge in [0.15, 0.2) is 0 Å². The minimum Gasteiger partial charge on any atom is -0.340 e. The van der Waals surface area contributed by atoms with E-state index in [9.17, 15) is 10.1 Å². The molecule has 0 amide bonds. The quantitative estimate of drug-likeness (QED) is 0.472. The van der Waals surface area contributed by atoms with Gasteiger partial charge in [0.05, 0.1) is 9.95 Å². The minimum absolute atomic E-state index is 0.0268. The van der Waals surface area contributed by atoms with Crippen LogP contribution in [0, 0.1) is 14.8 Å². The average Bonchev–Trinajstić information content (AvgIpc) is 2.17. The smallest absolute Gasteiger partial charge is 0.293 e. The number of H-pyrrole nitrogens is 1. The summed E-state index contributed by atoms with van der Waals surface area (Å²) in [4.78, 5) is 13.0. The molecule has 76 valence electrons. The summed E-state index contributed by atoms with van der Waals surface area (Å²) in [7, 11) is 0. The van der Waals surface area contributed by atoms with Gasteiger partial charge in [-0.05, 0) is 18.2 Å². The Bertz CT molecular complexity index is 609. The molecule has 0 bridgehead atoms. The number of nitrogens with zero attached hydrogens (tertiary/aromatic N) is 1. The summed E-state index contributed by atoms with van der Waals surface area (Å²) in [5, 5.41) is 11.8. The Morgan fingerprint density at radius 3 is 2.73 bits per heavy atom. The maximum Gasteiger partial charge on any atom is 0.293 e. The summed E-state index contributed by atoms with van der Waals surface area (Å²) in [6, 6.07) is 6.17. The number of nitro groups is 1. The number of benzene rings is 1. The van der Waals surface area contributed by atoms with Crippen LogP contribution in [0.3, 0.4) is 0 Å². The molecule has 0 atom stereocenters. The van der Waals surface area contributed by atoms with Crippen LogP contribution in [0.2, 0.25) is 5.02 Å². The molecule has 6 heteroatoms. The van der Waals surface area contributed by atoms with E-state index in [2.05, 4.69) is 4.98 Å². The first-order valence-electron chi connectivity index (χ1n) is 4.05. The SMILES string of the molecule is O=[N+]([O-])c1ccc(Cl)c2ccc(=S)[nH]c12. The molecule has 0 aliphatic rings. The van der Waals surface area contributed by atoms with Gasteiger partial charge in [-0.1, -0.05) is 23.8 Å². The molecule has 0 saturated carbocycles. The van der Waals surface area contributed by atoms with E-state index in [4.69, 9.17) is 23.8 Å². The van der Waals surface area contributed by atoms with Gasteiger partial charge in [0.25, 0.3) is 5.69 Å². The van der Waals surface area contributed by atoms with Crippen LogP contribution >= 0.6 is 23.8 Å². The second-order valence-electron chi connectivity index (χ2n) is 2.93. The van der Waals surface area contributed by atoms with E-state index >= 15 is 0 Å². The molecule has 0 unspecified atom stereocenters. The lowest BCUT2D eigenvalue weighted by molar-refractivity contribution is -0.383. The standard InChI is InChI=1S/C9H5ClN2O2S/c10-6-2-3-7(12(13)14)9-5(6)1-4-8(15)11-9/h1-4H,(H,11,15). The molecule has 0 aliphatic heterocycles. The third-order valence-corrected chi connectivity index (χ3v) is 2.58. The third kappa shape index (κ3) is 1.71. The minimum atomic E-state index is -0.468. The van der Waals surface area contributed by atoms with Crippen LogP contribution in [0.5, 0.6) is 0 Å². The second-order valence-corrected chi connectivity index (χ2v) is 3.78. The number of rotatable bonds is 1. The predicted octanol–water partition coefficient (Wildman–Crippen LogP) is 3.46. The summed E-state index contributed by atoms with van der Waals surface area (Å²) in [5.41, 5.74) is 0.334.